The van der Waals surface area contributed by atoms with Crippen molar-refractivity contribution in [2.75, 3.05) is 33.3 Å². The van der Waals surface area contributed by atoms with Crippen molar-refractivity contribution in [1.29, 1.82) is 0 Å². The number of benzene rings is 2. The van der Waals surface area contributed by atoms with E-state index in [0.717, 1.165) is 49.0 Å². The fourth-order valence-electron chi connectivity index (χ4n) is 2.87. The van der Waals surface area contributed by atoms with Gasteiger partial charge in [0.25, 0.3) is 0 Å². The molecule has 0 spiro atoms. The zero-order valence-corrected chi connectivity index (χ0v) is 14.3. The fourth-order valence-corrected chi connectivity index (χ4v) is 3.19. The molecule has 2 aromatic rings. The van der Waals surface area contributed by atoms with Crippen molar-refractivity contribution in [3.8, 4) is 5.75 Å². The number of thiocarbonyl (C=S) groups is 1. The normalized spacial score (nSPS) is 15.4. The van der Waals surface area contributed by atoms with Gasteiger partial charge in [-0.05, 0) is 29.8 Å². The Labute approximate surface area is 143 Å². The highest BCUT2D eigenvalue weighted by Crippen LogP contribution is 2.16. The molecule has 3 rings (SSSR count). The van der Waals surface area contributed by atoms with Crippen LogP contribution >= 0.6 is 12.2 Å². The predicted molar refractivity (Wildman–Crippen MR) is 98.0 cm³/mol. The van der Waals surface area contributed by atoms with Crippen molar-refractivity contribution in [3.05, 3.63) is 65.7 Å². The molecule has 1 aliphatic heterocycles. The quantitative estimate of drug-likeness (QED) is 0.802. The van der Waals surface area contributed by atoms with Crippen LogP contribution in [0, 0.1) is 0 Å². The Bertz CT molecular complexity index is 634. The van der Waals surface area contributed by atoms with Gasteiger partial charge in [-0.25, -0.2) is 0 Å². The summed E-state index contributed by atoms with van der Waals surface area (Å²) >= 11 is 5.65. The maximum atomic E-state index is 5.65. The highest BCUT2D eigenvalue weighted by Gasteiger charge is 2.19. The van der Waals surface area contributed by atoms with Gasteiger partial charge in [-0.3, -0.25) is 4.90 Å². The summed E-state index contributed by atoms with van der Waals surface area (Å²) in [7, 11) is 1.68. The molecule has 0 unspecified atom stereocenters. The van der Waals surface area contributed by atoms with E-state index in [1.807, 2.05) is 24.3 Å². The van der Waals surface area contributed by atoms with Crippen molar-refractivity contribution in [2.45, 2.75) is 6.54 Å². The first-order valence-corrected chi connectivity index (χ1v) is 8.37. The van der Waals surface area contributed by atoms with E-state index in [2.05, 4.69) is 40.1 Å². The van der Waals surface area contributed by atoms with Gasteiger partial charge < -0.3 is 9.64 Å². The summed E-state index contributed by atoms with van der Waals surface area (Å²) in [4.78, 5) is 5.73. The molecule has 0 bridgehead atoms. The Kier molecular flexibility index (Phi) is 5.26. The van der Waals surface area contributed by atoms with Gasteiger partial charge in [0, 0.05) is 38.3 Å². The van der Waals surface area contributed by atoms with Gasteiger partial charge in [0.15, 0.2) is 0 Å². The molecule has 0 N–H and O–H groups in total. The second kappa shape index (κ2) is 7.57. The second-order valence-corrected chi connectivity index (χ2v) is 6.17. The first-order valence-electron chi connectivity index (χ1n) is 7.96. The zero-order valence-electron chi connectivity index (χ0n) is 13.4. The Morgan fingerprint density at radius 2 is 1.61 bits per heavy atom. The van der Waals surface area contributed by atoms with E-state index >= 15 is 0 Å². The molecule has 4 heteroatoms. The summed E-state index contributed by atoms with van der Waals surface area (Å²) in [6.07, 6.45) is 0. The molecule has 3 nitrogen and oxygen atoms in total. The van der Waals surface area contributed by atoms with Crippen molar-refractivity contribution in [2.24, 2.45) is 0 Å². The molecule has 0 aliphatic carbocycles. The minimum Gasteiger partial charge on any atom is -0.497 e. The average molecular weight is 326 g/mol. The molecule has 23 heavy (non-hydrogen) atoms. The van der Waals surface area contributed by atoms with Crippen LogP contribution in [0.3, 0.4) is 0 Å². The largest absolute Gasteiger partial charge is 0.497 e. The molecule has 1 aliphatic rings. The van der Waals surface area contributed by atoms with Crippen LogP contribution in [0.2, 0.25) is 0 Å². The van der Waals surface area contributed by atoms with E-state index in [-0.39, 0.29) is 0 Å². The Morgan fingerprint density at radius 1 is 0.957 bits per heavy atom. The third-order valence-electron chi connectivity index (χ3n) is 4.25. The molecule has 2 aromatic carbocycles. The second-order valence-electron chi connectivity index (χ2n) is 5.78. The number of ether oxygens (including phenoxy) is 1. The van der Waals surface area contributed by atoms with Gasteiger partial charge in [0.1, 0.15) is 10.7 Å². The van der Waals surface area contributed by atoms with Crippen LogP contribution in [0.5, 0.6) is 5.75 Å². The van der Waals surface area contributed by atoms with Crippen LogP contribution in [0.25, 0.3) is 0 Å². The molecule has 1 saturated heterocycles. The van der Waals surface area contributed by atoms with Crippen LogP contribution in [0.4, 0.5) is 0 Å². The highest BCUT2D eigenvalue weighted by atomic mass is 32.1. The smallest absolute Gasteiger partial charge is 0.118 e. The number of rotatable bonds is 4. The molecule has 120 valence electrons. The molecule has 1 heterocycles. The van der Waals surface area contributed by atoms with Gasteiger partial charge in [-0.2, -0.15) is 0 Å². The van der Waals surface area contributed by atoms with E-state index in [9.17, 15) is 0 Å². The zero-order chi connectivity index (χ0) is 16.1. The summed E-state index contributed by atoms with van der Waals surface area (Å²) in [5, 5.41) is 0. The fraction of sp³-hybridized carbons (Fsp3) is 0.316. The molecular weight excluding hydrogens is 304 g/mol. The van der Waals surface area contributed by atoms with E-state index in [0.29, 0.717) is 0 Å². The van der Waals surface area contributed by atoms with Crippen LogP contribution in [0.15, 0.2) is 54.6 Å². The molecule has 0 aromatic heterocycles. The first-order chi connectivity index (χ1) is 11.3. The molecule has 0 amide bonds. The molecular formula is C19H22N2OS. The third-order valence-corrected chi connectivity index (χ3v) is 4.74. The van der Waals surface area contributed by atoms with Crippen molar-refractivity contribution >= 4 is 17.2 Å². The summed E-state index contributed by atoms with van der Waals surface area (Å²) in [5.74, 6) is 0.865. The maximum absolute atomic E-state index is 5.65. The van der Waals surface area contributed by atoms with Crippen LogP contribution in [0.1, 0.15) is 11.1 Å². The minimum atomic E-state index is 0.865. The van der Waals surface area contributed by atoms with E-state index < -0.39 is 0 Å². The van der Waals surface area contributed by atoms with Crippen LogP contribution in [-0.4, -0.2) is 48.1 Å². The lowest BCUT2D eigenvalue weighted by atomic mass is 10.1. The summed E-state index contributed by atoms with van der Waals surface area (Å²) in [6.45, 7) is 5.08. The molecule has 0 atom stereocenters. The standard InChI is InChI=1S/C19H22N2OS/c1-22-18-9-7-17(8-10-18)19(23)21-13-11-20(12-14-21)15-16-5-3-2-4-6-16/h2-10H,11-15H2,1H3. The van der Waals surface area contributed by atoms with Gasteiger partial charge >= 0.3 is 0 Å². The Morgan fingerprint density at radius 3 is 2.22 bits per heavy atom. The highest BCUT2D eigenvalue weighted by molar-refractivity contribution is 7.80. The number of hydrogen-bond acceptors (Lipinski definition) is 3. The lowest BCUT2D eigenvalue weighted by Gasteiger charge is -2.36. The summed E-state index contributed by atoms with van der Waals surface area (Å²) in [5.41, 5.74) is 2.47. The number of hydrogen-bond donors (Lipinski definition) is 0. The van der Waals surface area contributed by atoms with E-state index in [1.54, 1.807) is 7.11 Å². The molecule has 0 saturated carbocycles. The molecule has 0 radical (unpaired) electrons. The van der Waals surface area contributed by atoms with Gasteiger partial charge in [-0.15, -0.1) is 0 Å². The minimum absolute atomic E-state index is 0.865. The summed E-state index contributed by atoms with van der Waals surface area (Å²) < 4.78 is 5.20. The lowest BCUT2D eigenvalue weighted by molar-refractivity contribution is 0.177. The van der Waals surface area contributed by atoms with Crippen molar-refractivity contribution in [3.63, 3.8) is 0 Å². The monoisotopic (exact) mass is 326 g/mol. The van der Waals surface area contributed by atoms with Crippen LogP contribution < -0.4 is 4.74 Å². The Hall–Kier alpha value is -1.91. The number of methoxy groups -OCH3 is 1. The topological polar surface area (TPSA) is 15.7 Å². The van der Waals surface area contributed by atoms with E-state index in [1.165, 1.54) is 5.56 Å². The van der Waals surface area contributed by atoms with E-state index in [4.69, 9.17) is 17.0 Å². The van der Waals surface area contributed by atoms with Gasteiger partial charge in [-0.1, -0.05) is 42.5 Å². The molecule has 1 fully saturated rings. The van der Waals surface area contributed by atoms with Crippen molar-refractivity contribution < 1.29 is 4.74 Å². The Balaban J connectivity index is 1.54. The van der Waals surface area contributed by atoms with Gasteiger partial charge in [0.2, 0.25) is 0 Å². The number of nitrogens with zero attached hydrogens (tertiary/aromatic N) is 2. The number of piperazine rings is 1. The maximum Gasteiger partial charge on any atom is 0.118 e. The predicted octanol–water partition coefficient (Wildman–Crippen LogP) is 3.19. The summed E-state index contributed by atoms with van der Waals surface area (Å²) in [6, 6.07) is 18.7. The third kappa shape index (κ3) is 4.09. The SMILES string of the molecule is COc1ccc(C(=S)N2CCN(Cc3ccccc3)CC2)cc1. The van der Waals surface area contributed by atoms with Gasteiger partial charge in [0.05, 0.1) is 7.11 Å². The van der Waals surface area contributed by atoms with Crippen molar-refractivity contribution in [1.82, 2.24) is 9.80 Å². The van der Waals surface area contributed by atoms with Crippen LogP contribution in [-0.2, 0) is 6.54 Å². The first kappa shape index (κ1) is 16.0. The average Bonchev–Trinajstić information content (AvgIpc) is 2.63. The lowest BCUT2D eigenvalue weighted by Crippen LogP contribution is -2.47.